The first kappa shape index (κ1) is 15.6. The number of benzene rings is 2. The maximum absolute atomic E-state index is 12.4. The molecule has 0 atom stereocenters. The fraction of sp³-hybridized carbons (Fsp3) is 0.0667. The molecule has 0 fully saturated rings. The minimum Gasteiger partial charge on any atom is -0.280 e. The Morgan fingerprint density at radius 1 is 1.17 bits per heavy atom. The van der Waals surface area contributed by atoms with E-state index >= 15 is 0 Å². The number of tetrazole rings is 1. The standard InChI is InChI=1S/C15H12N6O2S/c1-21-15(17-19-20-21)12-3-2-4-13(9-12)18-24(22,23)14-7-5-11(10-16)6-8-14/h2-9,18H,1H3. The third-order valence-electron chi connectivity index (χ3n) is 3.29. The van der Waals surface area contributed by atoms with E-state index in [4.69, 9.17) is 5.26 Å². The second kappa shape index (κ2) is 6.10. The predicted octanol–water partition coefficient (Wildman–Crippen LogP) is 1.55. The number of nitriles is 1. The molecule has 24 heavy (non-hydrogen) atoms. The number of hydrogen-bond donors (Lipinski definition) is 1. The molecule has 0 saturated carbocycles. The minimum absolute atomic E-state index is 0.0761. The number of aryl methyl sites for hydroxylation is 1. The first-order valence-corrected chi connectivity index (χ1v) is 8.34. The quantitative estimate of drug-likeness (QED) is 0.771. The first-order chi connectivity index (χ1) is 11.5. The van der Waals surface area contributed by atoms with E-state index in [2.05, 4.69) is 20.2 Å². The van der Waals surface area contributed by atoms with Gasteiger partial charge in [0.2, 0.25) is 0 Å². The fourth-order valence-electron chi connectivity index (χ4n) is 2.12. The second-order valence-corrected chi connectivity index (χ2v) is 6.63. The molecule has 9 heteroatoms. The van der Waals surface area contributed by atoms with Crippen molar-refractivity contribution in [2.75, 3.05) is 4.72 Å². The Morgan fingerprint density at radius 3 is 2.54 bits per heavy atom. The zero-order chi connectivity index (χ0) is 17.2. The molecule has 0 saturated heterocycles. The Kier molecular flexibility index (Phi) is 3.97. The number of sulfonamides is 1. The fourth-order valence-corrected chi connectivity index (χ4v) is 3.17. The van der Waals surface area contributed by atoms with E-state index in [-0.39, 0.29) is 4.90 Å². The van der Waals surface area contributed by atoms with Crippen molar-refractivity contribution >= 4 is 15.7 Å². The van der Waals surface area contributed by atoms with Crippen molar-refractivity contribution in [3.05, 3.63) is 54.1 Å². The summed E-state index contributed by atoms with van der Waals surface area (Å²) in [6.45, 7) is 0. The lowest BCUT2D eigenvalue weighted by Gasteiger charge is -2.09. The number of aromatic nitrogens is 4. The molecule has 8 nitrogen and oxygen atoms in total. The van der Waals surface area contributed by atoms with Gasteiger partial charge in [-0.25, -0.2) is 13.1 Å². The van der Waals surface area contributed by atoms with Crippen LogP contribution in [0.25, 0.3) is 11.4 Å². The van der Waals surface area contributed by atoms with Gasteiger partial charge in [0, 0.05) is 18.3 Å². The minimum atomic E-state index is -3.75. The highest BCUT2D eigenvalue weighted by Crippen LogP contribution is 2.22. The lowest BCUT2D eigenvalue weighted by molar-refractivity contribution is 0.601. The molecule has 0 amide bonds. The van der Waals surface area contributed by atoms with Crippen molar-refractivity contribution in [3.63, 3.8) is 0 Å². The summed E-state index contributed by atoms with van der Waals surface area (Å²) in [4.78, 5) is 0.0761. The van der Waals surface area contributed by atoms with E-state index in [9.17, 15) is 8.42 Å². The van der Waals surface area contributed by atoms with Crippen LogP contribution < -0.4 is 4.72 Å². The smallest absolute Gasteiger partial charge is 0.261 e. The van der Waals surface area contributed by atoms with Crippen LogP contribution in [0.15, 0.2) is 53.4 Å². The molecular weight excluding hydrogens is 328 g/mol. The molecule has 0 unspecified atom stereocenters. The number of hydrogen-bond acceptors (Lipinski definition) is 6. The summed E-state index contributed by atoms with van der Waals surface area (Å²) < 4.78 is 28.9. The van der Waals surface area contributed by atoms with Crippen molar-refractivity contribution in [3.8, 4) is 17.5 Å². The van der Waals surface area contributed by atoms with Crippen molar-refractivity contribution in [1.29, 1.82) is 5.26 Å². The third-order valence-corrected chi connectivity index (χ3v) is 4.68. The molecule has 1 N–H and O–H groups in total. The monoisotopic (exact) mass is 340 g/mol. The Bertz CT molecular complexity index is 1020. The molecule has 0 bridgehead atoms. The van der Waals surface area contributed by atoms with Crippen LogP contribution in [0.1, 0.15) is 5.56 Å². The Labute approximate surface area is 138 Å². The molecule has 1 aromatic heterocycles. The average Bonchev–Trinajstić information content (AvgIpc) is 3.01. The Hall–Kier alpha value is -3.25. The summed E-state index contributed by atoms with van der Waals surface area (Å²) in [6.07, 6.45) is 0. The summed E-state index contributed by atoms with van der Waals surface area (Å²) in [5.74, 6) is 0.523. The number of nitrogens with zero attached hydrogens (tertiary/aromatic N) is 5. The van der Waals surface area contributed by atoms with Crippen LogP contribution in [-0.2, 0) is 17.1 Å². The highest BCUT2D eigenvalue weighted by atomic mass is 32.2. The molecule has 120 valence electrons. The van der Waals surface area contributed by atoms with Crippen molar-refractivity contribution in [2.24, 2.45) is 7.05 Å². The highest BCUT2D eigenvalue weighted by Gasteiger charge is 2.15. The normalized spacial score (nSPS) is 11.0. The summed E-state index contributed by atoms with van der Waals surface area (Å²) in [5.41, 5.74) is 1.47. The van der Waals surface area contributed by atoms with Crippen LogP contribution in [0.4, 0.5) is 5.69 Å². The average molecular weight is 340 g/mol. The van der Waals surface area contributed by atoms with Gasteiger partial charge >= 0.3 is 0 Å². The maximum atomic E-state index is 12.4. The molecular formula is C15H12N6O2S. The molecule has 0 aliphatic rings. The zero-order valence-corrected chi connectivity index (χ0v) is 13.4. The van der Waals surface area contributed by atoms with Crippen molar-refractivity contribution in [2.45, 2.75) is 4.90 Å². The molecule has 2 aromatic carbocycles. The summed E-state index contributed by atoms with van der Waals surface area (Å²) >= 11 is 0. The molecule has 0 aliphatic carbocycles. The Balaban J connectivity index is 1.90. The molecule has 3 aromatic rings. The Morgan fingerprint density at radius 2 is 1.92 bits per heavy atom. The van der Waals surface area contributed by atoms with Crippen LogP contribution in [0.5, 0.6) is 0 Å². The van der Waals surface area contributed by atoms with Crippen molar-refractivity contribution < 1.29 is 8.42 Å². The van der Waals surface area contributed by atoms with Gasteiger partial charge in [-0.3, -0.25) is 4.72 Å². The molecule has 0 aliphatic heterocycles. The van der Waals surface area contributed by atoms with Gasteiger partial charge in [-0.05, 0) is 46.8 Å². The number of anilines is 1. The highest BCUT2D eigenvalue weighted by molar-refractivity contribution is 7.92. The summed E-state index contributed by atoms with van der Waals surface area (Å²) in [7, 11) is -2.05. The van der Waals surface area contributed by atoms with E-state index in [1.165, 1.54) is 28.9 Å². The third kappa shape index (κ3) is 3.09. The van der Waals surface area contributed by atoms with Gasteiger partial charge in [-0.2, -0.15) is 5.26 Å². The number of nitrogens with one attached hydrogen (secondary N) is 1. The van der Waals surface area contributed by atoms with Crippen LogP contribution >= 0.6 is 0 Å². The largest absolute Gasteiger partial charge is 0.280 e. The summed E-state index contributed by atoms with van der Waals surface area (Å²) in [6, 6.07) is 14.4. The van der Waals surface area contributed by atoms with Gasteiger partial charge in [0.25, 0.3) is 10.0 Å². The van der Waals surface area contributed by atoms with Gasteiger partial charge in [0.05, 0.1) is 16.5 Å². The first-order valence-electron chi connectivity index (χ1n) is 6.85. The lowest BCUT2D eigenvalue weighted by Crippen LogP contribution is -2.13. The second-order valence-electron chi connectivity index (χ2n) is 4.95. The van der Waals surface area contributed by atoms with E-state index in [1.54, 1.807) is 31.3 Å². The van der Waals surface area contributed by atoms with Crippen molar-refractivity contribution in [1.82, 2.24) is 20.2 Å². The van der Waals surface area contributed by atoms with Crippen LogP contribution in [0, 0.1) is 11.3 Å². The SMILES string of the molecule is Cn1nnnc1-c1cccc(NS(=O)(=O)c2ccc(C#N)cc2)c1. The van der Waals surface area contributed by atoms with Crippen LogP contribution in [0.2, 0.25) is 0 Å². The zero-order valence-electron chi connectivity index (χ0n) is 12.6. The van der Waals surface area contributed by atoms with E-state index in [0.29, 0.717) is 22.6 Å². The lowest BCUT2D eigenvalue weighted by atomic mass is 10.2. The van der Waals surface area contributed by atoms with Gasteiger partial charge in [-0.1, -0.05) is 12.1 Å². The van der Waals surface area contributed by atoms with Gasteiger partial charge in [-0.15, -0.1) is 5.10 Å². The van der Waals surface area contributed by atoms with Crippen LogP contribution in [0.3, 0.4) is 0 Å². The maximum Gasteiger partial charge on any atom is 0.261 e. The van der Waals surface area contributed by atoms with Crippen LogP contribution in [-0.4, -0.2) is 28.6 Å². The summed E-state index contributed by atoms with van der Waals surface area (Å²) in [5, 5.41) is 20.0. The van der Waals surface area contributed by atoms with E-state index in [0.717, 1.165) is 0 Å². The van der Waals surface area contributed by atoms with E-state index < -0.39 is 10.0 Å². The molecule has 0 radical (unpaired) electrons. The molecule has 3 rings (SSSR count). The predicted molar refractivity (Wildman–Crippen MR) is 86.2 cm³/mol. The molecule has 0 spiro atoms. The number of rotatable bonds is 4. The van der Waals surface area contributed by atoms with Gasteiger partial charge in [0.15, 0.2) is 5.82 Å². The molecule has 1 heterocycles. The van der Waals surface area contributed by atoms with Gasteiger partial charge in [0.1, 0.15) is 0 Å². The topological polar surface area (TPSA) is 114 Å². The van der Waals surface area contributed by atoms with E-state index in [1.807, 2.05) is 6.07 Å². The van der Waals surface area contributed by atoms with Gasteiger partial charge < -0.3 is 0 Å².